The van der Waals surface area contributed by atoms with E-state index in [-0.39, 0.29) is 6.61 Å². The first kappa shape index (κ1) is 20.9. The Morgan fingerprint density at radius 3 is 2.16 bits per heavy atom. The van der Waals surface area contributed by atoms with Crippen molar-refractivity contribution in [1.82, 2.24) is 4.90 Å². The fraction of sp³-hybridized carbons (Fsp3) is 0.321. The van der Waals surface area contributed by atoms with E-state index in [1.165, 1.54) is 37.9 Å². The highest BCUT2D eigenvalue weighted by Gasteiger charge is 2.49. The van der Waals surface area contributed by atoms with Crippen molar-refractivity contribution in [2.24, 2.45) is 0 Å². The van der Waals surface area contributed by atoms with E-state index < -0.39 is 11.6 Å². The van der Waals surface area contributed by atoms with Crippen molar-refractivity contribution >= 4 is 5.97 Å². The van der Waals surface area contributed by atoms with Gasteiger partial charge in [-0.05, 0) is 54.6 Å². The number of rotatable bonds is 6. The van der Waals surface area contributed by atoms with E-state index in [1.54, 1.807) is 12.1 Å². The highest BCUT2D eigenvalue weighted by atomic mass is 16.5. The number of esters is 1. The summed E-state index contributed by atoms with van der Waals surface area (Å²) < 4.78 is 5.68. The largest absolute Gasteiger partial charge is 0.458 e. The molecule has 0 unspecified atom stereocenters. The van der Waals surface area contributed by atoms with Crippen LogP contribution in [0.3, 0.4) is 0 Å². The number of piperidine rings is 1. The molecule has 0 radical (unpaired) electrons. The Kier molecular flexibility index (Phi) is 5.81. The van der Waals surface area contributed by atoms with E-state index in [0.29, 0.717) is 11.1 Å². The summed E-state index contributed by atoms with van der Waals surface area (Å²) in [7, 11) is 0. The summed E-state index contributed by atoms with van der Waals surface area (Å²) in [6.07, 6.45) is 4.93. The summed E-state index contributed by atoms with van der Waals surface area (Å²) in [5.41, 5.74) is 3.34. The number of aliphatic hydroxyl groups is 1. The molecule has 0 amide bonds. The molecule has 32 heavy (non-hydrogen) atoms. The van der Waals surface area contributed by atoms with Crippen LogP contribution in [0.15, 0.2) is 72.8 Å². The van der Waals surface area contributed by atoms with Crippen molar-refractivity contribution in [3.05, 3.63) is 95.1 Å². The number of ether oxygens (including phenoxy) is 1. The number of likely N-dealkylation sites (tertiary alicyclic amines) is 1. The van der Waals surface area contributed by atoms with Crippen LogP contribution in [-0.2, 0) is 28.2 Å². The van der Waals surface area contributed by atoms with Crippen LogP contribution in [0.2, 0.25) is 0 Å². The first-order chi connectivity index (χ1) is 15.7. The molecule has 164 valence electrons. The molecule has 3 aromatic carbocycles. The van der Waals surface area contributed by atoms with Gasteiger partial charge < -0.3 is 14.7 Å². The van der Waals surface area contributed by atoms with Crippen LogP contribution in [0.25, 0.3) is 11.1 Å². The van der Waals surface area contributed by atoms with E-state index in [0.717, 1.165) is 29.7 Å². The molecule has 1 N–H and O–H groups in total. The maximum atomic E-state index is 13.2. The first-order valence-corrected chi connectivity index (χ1v) is 11.6. The zero-order chi connectivity index (χ0) is 22.0. The van der Waals surface area contributed by atoms with Gasteiger partial charge in [-0.3, -0.25) is 0 Å². The molecule has 1 aliphatic carbocycles. The predicted octanol–water partition coefficient (Wildman–Crippen LogP) is 4.67. The first-order valence-electron chi connectivity index (χ1n) is 11.6. The Morgan fingerprint density at radius 2 is 1.47 bits per heavy atom. The number of fused-ring (bicyclic) bond motifs is 3. The van der Waals surface area contributed by atoms with E-state index in [9.17, 15) is 9.90 Å². The Labute approximate surface area is 189 Å². The third-order valence-corrected chi connectivity index (χ3v) is 6.75. The minimum absolute atomic E-state index is 0.142. The third kappa shape index (κ3) is 3.85. The second-order valence-electron chi connectivity index (χ2n) is 8.85. The molecule has 0 aromatic heterocycles. The maximum Gasteiger partial charge on any atom is 0.348 e. The Hall–Kier alpha value is -2.95. The quantitative estimate of drug-likeness (QED) is 0.581. The van der Waals surface area contributed by atoms with Gasteiger partial charge in [-0.1, -0.05) is 79.2 Å². The number of hydrogen-bond acceptors (Lipinski definition) is 4. The van der Waals surface area contributed by atoms with Gasteiger partial charge >= 0.3 is 5.97 Å². The highest BCUT2D eigenvalue weighted by Crippen LogP contribution is 2.47. The molecule has 3 aromatic rings. The van der Waals surface area contributed by atoms with Gasteiger partial charge in [0, 0.05) is 17.7 Å². The SMILES string of the molecule is O=C(OCc1cccc(CCN2CCCCC2)c1)C1(O)c2ccccc2-c2ccccc21. The molecule has 5 rings (SSSR count). The van der Waals surface area contributed by atoms with Crippen LogP contribution in [0.4, 0.5) is 0 Å². The van der Waals surface area contributed by atoms with Gasteiger partial charge in [0.15, 0.2) is 0 Å². The fourth-order valence-electron chi connectivity index (χ4n) is 5.03. The summed E-state index contributed by atoms with van der Waals surface area (Å²) in [5.74, 6) is -0.631. The third-order valence-electron chi connectivity index (χ3n) is 6.75. The predicted molar refractivity (Wildman–Crippen MR) is 125 cm³/mol. The minimum atomic E-state index is -1.78. The van der Waals surface area contributed by atoms with Gasteiger partial charge in [-0.2, -0.15) is 0 Å². The van der Waals surface area contributed by atoms with Gasteiger partial charge in [0.1, 0.15) is 6.61 Å². The Morgan fingerprint density at radius 1 is 0.844 bits per heavy atom. The van der Waals surface area contributed by atoms with Crippen molar-refractivity contribution in [1.29, 1.82) is 0 Å². The lowest BCUT2D eigenvalue weighted by Gasteiger charge is -2.26. The van der Waals surface area contributed by atoms with Crippen molar-refractivity contribution < 1.29 is 14.6 Å². The number of carbonyl (C=O) groups excluding carboxylic acids is 1. The number of hydrogen-bond donors (Lipinski definition) is 1. The molecule has 1 aliphatic heterocycles. The average Bonchev–Trinajstić information content (AvgIpc) is 3.12. The second kappa shape index (κ2) is 8.89. The number of nitrogens with zero attached hydrogens (tertiary/aromatic N) is 1. The summed E-state index contributed by atoms with van der Waals surface area (Å²) in [5, 5.41) is 11.5. The minimum Gasteiger partial charge on any atom is -0.458 e. The van der Waals surface area contributed by atoms with Crippen LogP contribution < -0.4 is 0 Å². The van der Waals surface area contributed by atoms with Gasteiger partial charge in [0.25, 0.3) is 0 Å². The fourth-order valence-corrected chi connectivity index (χ4v) is 5.03. The van der Waals surface area contributed by atoms with Crippen LogP contribution in [0, 0.1) is 0 Å². The summed E-state index contributed by atoms with van der Waals surface area (Å²) in [4.78, 5) is 15.7. The van der Waals surface area contributed by atoms with Crippen molar-refractivity contribution in [2.75, 3.05) is 19.6 Å². The van der Waals surface area contributed by atoms with Gasteiger partial charge in [0.2, 0.25) is 5.60 Å². The molecular formula is C28H29NO3. The van der Waals surface area contributed by atoms with E-state index >= 15 is 0 Å². The lowest BCUT2D eigenvalue weighted by molar-refractivity contribution is -0.163. The molecule has 1 heterocycles. The monoisotopic (exact) mass is 427 g/mol. The van der Waals surface area contributed by atoms with Crippen LogP contribution in [0.5, 0.6) is 0 Å². The average molecular weight is 428 g/mol. The molecular weight excluding hydrogens is 398 g/mol. The lowest BCUT2D eigenvalue weighted by Crippen LogP contribution is -2.36. The Balaban J connectivity index is 1.29. The summed E-state index contributed by atoms with van der Waals surface area (Å²) in [6, 6.07) is 23.2. The molecule has 0 atom stereocenters. The second-order valence-corrected chi connectivity index (χ2v) is 8.85. The molecule has 0 saturated carbocycles. The molecule has 0 spiro atoms. The standard InChI is InChI=1S/C28H29NO3/c30-27(28(31)25-13-4-2-11-23(25)24-12-3-5-14-26(24)28)32-20-22-10-8-9-21(19-22)15-18-29-16-6-1-7-17-29/h2-5,8-14,19,31H,1,6-7,15-18,20H2. The Bertz CT molecular complexity index is 1070. The van der Waals surface area contributed by atoms with Crippen LogP contribution in [-0.4, -0.2) is 35.6 Å². The molecule has 0 bridgehead atoms. The van der Waals surface area contributed by atoms with E-state index in [4.69, 9.17) is 4.74 Å². The van der Waals surface area contributed by atoms with Crippen LogP contribution >= 0.6 is 0 Å². The zero-order valence-corrected chi connectivity index (χ0v) is 18.3. The molecule has 1 fully saturated rings. The highest BCUT2D eigenvalue weighted by molar-refractivity contribution is 5.96. The maximum absolute atomic E-state index is 13.2. The number of carbonyl (C=O) groups is 1. The smallest absolute Gasteiger partial charge is 0.348 e. The number of benzene rings is 3. The topological polar surface area (TPSA) is 49.8 Å². The van der Waals surface area contributed by atoms with Gasteiger partial charge in [-0.15, -0.1) is 0 Å². The van der Waals surface area contributed by atoms with E-state index in [1.807, 2.05) is 48.5 Å². The van der Waals surface area contributed by atoms with E-state index in [2.05, 4.69) is 17.0 Å². The normalized spacial score (nSPS) is 16.9. The molecule has 1 saturated heterocycles. The van der Waals surface area contributed by atoms with Crippen LogP contribution in [0.1, 0.15) is 41.5 Å². The van der Waals surface area contributed by atoms with Crippen molar-refractivity contribution in [2.45, 2.75) is 37.9 Å². The summed E-state index contributed by atoms with van der Waals surface area (Å²) in [6.45, 7) is 3.59. The van der Waals surface area contributed by atoms with Gasteiger partial charge in [0.05, 0.1) is 0 Å². The van der Waals surface area contributed by atoms with Crippen molar-refractivity contribution in [3.8, 4) is 11.1 Å². The molecule has 4 heteroatoms. The van der Waals surface area contributed by atoms with Crippen molar-refractivity contribution in [3.63, 3.8) is 0 Å². The lowest BCUT2D eigenvalue weighted by atomic mass is 9.91. The summed E-state index contributed by atoms with van der Waals surface area (Å²) >= 11 is 0. The molecule has 4 nitrogen and oxygen atoms in total. The van der Waals surface area contributed by atoms with Gasteiger partial charge in [-0.25, -0.2) is 4.79 Å². The zero-order valence-electron chi connectivity index (χ0n) is 18.3. The molecule has 2 aliphatic rings.